The fourth-order valence-electron chi connectivity index (χ4n) is 2.70. The monoisotopic (exact) mass is 422 g/mol. The number of benzene rings is 3. The van der Waals surface area contributed by atoms with Crippen molar-refractivity contribution in [3.05, 3.63) is 71.0 Å². The molecule has 0 heterocycles. The van der Waals surface area contributed by atoms with Crippen molar-refractivity contribution in [3.8, 4) is 11.5 Å². The van der Waals surface area contributed by atoms with Crippen molar-refractivity contribution in [2.75, 3.05) is 7.11 Å². The Kier molecular flexibility index (Phi) is 5.06. The molecule has 0 bridgehead atoms. The van der Waals surface area contributed by atoms with E-state index in [1.54, 1.807) is 0 Å². The lowest BCUT2D eigenvalue weighted by atomic mass is 10.1. The van der Waals surface area contributed by atoms with Gasteiger partial charge in [-0.3, -0.25) is 0 Å². The molecule has 3 rings (SSSR count). The third-order valence-electron chi connectivity index (χ3n) is 4.02. The maximum absolute atomic E-state index is 14.3. The van der Waals surface area contributed by atoms with Gasteiger partial charge in [-0.1, -0.05) is 6.07 Å². The van der Waals surface area contributed by atoms with E-state index in [0.29, 0.717) is 18.2 Å². The molecule has 0 N–H and O–H groups in total. The van der Waals surface area contributed by atoms with Crippen LogP contribution < -0.4 is 9.47 Å². The molecule has 0 fully saturated rings. The molecule has 3 aromatic rings. The van der Waals surface area contributed by atoms with E-state index in [1.807, 2.05) is 0 Å². The van der Waals surface area contributed by atoms with Gasteiger partial charge in [0.2, 0.25) is 0 Å². The van der Waals surface area contributed by atoms with Crippen LogP contribution in [0, 0.1) is 17.5 Å². The summed E-state index contributed by atoms with van der Waals surface area (Å²) < 4.78 is 118. The van der Waals surface area contributed by atoms with Gasteiger partial charge in [0.05, 0.1) is 12.7 Å². The van der Waals surface area contributed by atoms with Crippen molar-refractivity contribution in [2.24, 2.45) is 0 Å². The van der Waals surface area contributed by atoms with Crippen LogP contribution in [0.1, 0.15) is 11.1 Å². The van der Waals surface area contributed by atoms with E-state index < -0.39 is 52.0 Å². The molecule has 0 aliphatic carbocycles. The van der Waals surface area contributed by atoms with Gasteiger partial charge in [-0.2, -0.15) is 22.0 Å². The summed E-state index contributed by atoms with van der Waals surface area (Å²) in [6.07, 6.45) is -9.41. The standard InChI is InChI=1S/C19H10F8O2/c1-28-11-7-14(20)16(15(21)8-11)19(26,27)29-10-3-4-12-9(6-10)2-5-13(17(12)22)18(23,24)25/h2-8H,1H3. The second kappa shape index (κ2) is 7.09. The summed E-state index contributed by atoms with van der Waals surface area (Å²) in [7, 11) is 1.08. The average molecular weight is 422 g/mol. The molecule has 0 saturated heterocycles. The third-order valence-corrected chi connectivity index (χ3v) is 4.02. The molecule has 0 spiro atoms. The summed E-state index contributed by atoms with van der Waals surface area (Å²) in [5, 5.41) is -0.670. The van der Waals surface area contributed by atoms with Crippen LogP contribution >= 0.6 is 0 Å². The minimum atomic E-state index is -4.94. The largest absolute Gasteiger partial charge is 0.497 e. The Hall–Kier alpha value is -3.04. The maximum atomic E-state index is 14.3. The van der Waals surface area contributed by atoms with Crippen LogP contribution in [0.4, 0.5) is 35.1 Å². The third kappa shape index (κ3) is 3.92. The Labute approximate surface area is 158 Å². The summed E-state index contributed by atoms with van der Waals surface area (Å²) in [5.41, 5.74) is -3.21. The number of hydrogen-bond donors (Lipinski definition) is 0. The molecule has 2 nitrogen and oxygen atoms in total. The minimum Gasteiger partial charge on any atom is -0.497 e. The molecule has 3 aromatic carbocycles. The summed E-state index contributed by atoms with van der Waals surface area (Å²) in [6, 6.07) is 4.76. The SMILES string of the molecule is COc1cc(F)c(C(F)(F)Oc2ccc3c(F)c(C(F)(F)F)ccc3c2)c(F)c1. The minimum absolute atomic E-state index is 0.181. The normalized spacial score (nSPS) is 12.3. The van der Waals surface area contributed by atoms with E-state index in [-0.39, 0.29) is 11.1 Å². The van der Waals surface area contributed by atoms with E-state index in [0.717, 1.165) is 31.4 Å². The molecular weight excluding hydrogens is 412 g/mol. The van der Waals surface area contributed by atoms with Gasteiger partial charge in [0.15, 0.2) is 0 Å². The van der Waals surface area contributed by atoms with Crippen molar-refractivity contribution in [1.29, 1.82) is 0 Å². The number of rotatable bonds is 4. The summed E-state index contributed by atoms with van der Waals surface area (Å²) in [6.45, 7) is 0. The lowest BCUT2D eigenvalue weighted by molar-refractivity contribution is -0.189. The Morgan fingerprint density at radius 2 is 1.38 bits per heavy atom. The van der Waals surface area contributed by atoms with Gasteiger partial charge in [0, 0.05) is 17.5 Å². The van der Waals surface area contributed by atoms with E-state index in [4.69, 9.17) is 0 Å². The number of ether oxygens (including phenoxy) is 2. The van der Waals surface area contributed by atoms with Gasteiger partial charge >= 0.3 is 12.3 Å². The summed E-state index contributed by atoms with van der Waals surface area (Å²) in [5.74, 6) is -5.82. The highest BCUT2D eigenvalue weighted by Gasteiger charge is 2.41. The number of halogens is 8. The zero-order chi connectivity index (χ0) is 21.6. The Morgan fingerprint density at radius 3 is 1.93 bits per heavy atom. The Bertz CT molecular complexity index is 1050. The molecule has 29 heavy (non-hydrogen) atoms. The number of hydrogen-bond acceptors (Lipinski definition) is 2. The first-order valence-corrected chi connectivity index (χ1v) is 7.84. The Balaban J connectivity index is 2.00. The molecule has 0 atom stereocenters. The molecular formula is C19H10F8O2. The zero-order valence-corrected chi connectivity index (χ0v) is 14.4. The first-order valence-electron chi connectivity index (χ1n) is 7.84. The number of methoxy groups -OCH3 is 1. The highest BCUT2D eigenvalue weighted by molar-refractivity contribution is 5.85. The first kappa shape index (κ1) is 20.7. The fourth-order valence-corrected chi connectivity index (χ4v) is 2.70. The molecule has 0 saturated carbocycles. The molecule has 0 unspecified atom stereocenters. The van der Waals surface area contributed by atoms with Gasteiger partial charge in [0.1, 0.15) is 34.5 Å². The second-order valence-electron chi connectivity index (χ2n) is 5.89. The highest BCUT2D eigenvalue weighted by atomic mass is 19.4. The predicted octanol–water partition coefficient (Wildman–Crippen LogP) is 6.41. The smallest absolute Gasteiger partial charge is 0.432 e. The van der Waals surface area contributed by atoms with Crippen molar-refractivity contribution in [3.63, 3.8) is 0 Å². The summed E-state index contributed by atoms with van der Waals surface area (Å²) in [4.78, 5) is 0. The summed E-state index contributed by atoms with van der Waals surface area (Å²) >= 11 is 0. The van der Waals surface area contributed by atoms with Crippen LogP contribution in [0.5, 0.6) is 11.5 Å². The highest BCUT2D eigenvalue weighted by Crippen LogP contribution is 2.39. The fraction of sp³-hybridized carbons (Fsp3) is 0.158. The van der Waals surface area contributed by atoms with Crippen LogP contribution in [-0.2, 0) is 12.3 Å². The van der Waals surface area contributed by atoms with Crippen LogP contribution in [0.2, 0.25) is 0 Å². The van der Waals surface area contributed by atoms with Crippen molar-refractivity contribution in [1.82, 2.24) is 0 Å². The van der Waals surface area contributed by atoms with Crippen LogP contribution in [0.3, 0.4) is 0 Å². The maximum Gasteiger partial charge on any atom is 0.432 e. The molecule has 0 amide bonds. The van der Waals surface area contributed by atoms with Crippen LogP contribution in [0.25, 0.3) is 10.8 Å². The number of alkyl halides is 5. The van der Waals surface area contributed by atoms with E-state index in [1.165, 1.54) is 0 Å². The molecule has 0 radical (unpaired) electrons. The Morgan fingerprint density at radius 1 is 0.759 bits per heavy atom. The van der Waals surface area contributed by atoms with E-state index >= 15 is 0 Å². The van der Waals surface area contributed by atoms with Gasteiger partial charge < -0.3 is 9.47 Å². The topological polar surface area (TPSA) is 18.5 Å². The van der Waals surface area contributed by atoms with E-state index in [9.17, 15) is 35.1 Å². The van der Waals surface area contributed by atoms with Crippen molar-refractivity contribution >= 4 is 10.8 Å². The first-order chi connectivity index (χ1) is 13.4. The molecule has 10 heteroatoms. The lowest BCUT2D eigenvalue weighted by Gasteiger charge is -2.20. The van der Waals surface area contributed by atoms with Crippen LogP contribution in [-0.4, -0.2) is 7.11 Å². The predicted molar refractivity (Wildman–Crippen MR) is 86.3 cm³/mol. The lowest BCUT2D eigenvalue weighted by Crippen LogP contribution is -2.25. The quantitative estimate of drug-likeness (QED) is 0.452. The van der Waals surface area contributed by atoms with Gasteiger partial charge in [-0.25, -0.2) is 13.2 Å². The van der Waals surface area contributed by atoms with Gasteiger partial charge in [0.25, 0.3) is 0 Å². The molecule has 0 aromatic heterocycles. The average Bonchev–Trinajstić information content (AvgIpc) is 2.59. The zero-order valence-electron chi connectivity index (χ0n) is 14.4. The second-order valence-corrected chi connectivity index (χ2v) is 5.89. The number of fused-ring (bicyclic) bond motifs is 1. The van der Waals surface area contributed by atoms with Crippen molar-refractivity contribution in [2.45, 2.75) is 12.3 Å². The molecule has 0 aliphatic rings. The molecule has 154 valence electrons. The van der Waals surface area contributed by atoms with Crippen LogP contribution in [0.15, 0.2) is 42.5 Å². The molecule has 0 aliphatic heterocycles. The van der Waals surface area contributed by atoms with Crippen molar-refractivity contribution < 1.29 is 44.6 Å². The van der Waals surface area contributed by atoms with E-state index in [2.05, 4.69) is 9.47 Å². The van der Waals surface area contributed by atoms with Gasteiger partial charge in [-0.15, -0.1) is 0 Å². The van der Waals surface area contributed by atoms with Gasteiger partial charge in [-0.05, 0) is 29.7 Å².